The molecule has 117 heavy (non-hydrogen) atoms. The molecule has 49 heteroatoms. The van der Waals surface area contributed by atoms with E-state index in [1.54, 1.807) is 26.0 Å². The number of nitrogens with one attached hydrogen (secondary N) is 1. The number of amides is 1. The van der Waals surface area contributed by atoms with Crippen LogP contribution in [0.1, 0.15) is 19.4 Å². The van der Waals surface area contributed by atoms with Gasteiger partial charge in [0.2, 0.25) is 12.1 Å². The molecule has 11 rings (SSSR count). The molecule has 0 saturated carbocycles. The molecule has 0 spiro atoms. The zero-order valence-corrected chi connectivity index (χ0v) is 62.6. The summed E-state index contributed by atoms with van der Waals surface area (Å²) in [6.45, 7) is -5.92. The van der Waals surface area contributed by atoms with Gasteiger partial charge in [0.15, 0.2) is 50.3 Å². The van der Waals surface area contributed by atoms with E-state index in [0.717, 1.165) is 0 Å². The van der Waals surface area contributed by atoms with Crippen molar-refractivity contribution in [2.75, 3.05) is 66.6 Å². The Morgan fingerprint density at radius 3 is 0.667 bits per heavy atom. The summed E-state index contributed by atoms with van der Waals surface area (Å²) in [4.78, 5) is 24.4. The standard InChI is InChI=1S/C68H107NO48/c1-68(2)29(69-58(98)57(68)97)8-18-4-6-19(7-5-18)100-59-40(89)31(80)49(21(10-71)102-59)111-61-42(91)33(82)51(23(12-73)104-61)113-63-44(93)35(84)53(25(14-75)106-63)115-65-46(95)37(86)55(27(16-77)108-65)117-67-47(96)38(87)56(28(17-78)109-67)116-66-45(94)36(85)54(26(15-76)107-66)114-64-43(92)34(83)52(24(13-74)105-64)112-62-41(90)32(81)50(22(11-72)103-62)110-60-39(88)30(79)48(99-3)20(9-70)101-60/h4-7,20-56,59-67,70-96H,8-17H2,1-3H3,(H,69,98). The van der Waals surface area contributed by atoms with E-state index in [4.69, 9.17) is 90.0 Å². The number of benzene rings is 1. The van der Waals surface area contributed by atoms with Crippen molar-refractivity contribution >= 4 is 11.7 Å². The van der Waals surface area contributed by atoms with E-state index in [1.165, 1.54) is 19.2 Å². The summed E-state index contributed by atoms with van der Waals surface area (Å²) in [7, 11) is 1.17. The predicted molar refractivity (Wildman–Crippen MR) is 361 cm³/mol. The first-order valence-corrected chi connectivity index (χ1v) is 37.6. The number of hydrogen-bond acceptors (Lipinski definition) is 48. The molecule has 46 atom stereocenters. The quantitative estimate of drug-likeness (QED) is 0.0318. The average molecular weight is 1710 g/mol. The maximum atomic E-state index is 12.3. The summed E-state index contributed by atoms with van der Waals surface area (Å²) in [5.41, 5.74) is -0.275. The van der Waals surface area contributed by atoms with Crippen LogP contribution in [0.15, 0.2) is 24.3 Å². The minimum absolute atomic E-state index is 0.116. The molecule has 46 unspecified atom stereocenters. The summed E-state index contributed by atoms with van der Waals surface area (Å²) >= 11 is 0. The number of carbonyl (C=O) groups is 2. The average Bonchev–Trinajstić information content (AvgIpc) is 1.72. The Labute approximate surface area is 662 Å². The van der Waals surface area contributed by atoms with Crippen LogP contribution < -0.4 is 10.1 Å². The van der Waals surface area contributed by atoms with Gasteiger partial charge in [-0.2, -0.15) is 0 Å². The van der Waals surface area contributed by atoms with Crippen LogP contribution in [0, 0.1) is 5.41 Å². The fourth-order valence-corrected chi connectivity index (χ4v) is 15.6. The topological polar surface area (TPSA) is 768 Å². The van der Waals surface area contributed by atoms with Gasteiger partial charge in [-0.15, -0.1) is 0 Å². The van der Waals surface area contributed by atoms with Crippen molar-refractivity contribution in [2.24, 2.45) is 5.41 Å². The molecular weight excluding hydrogens is 1600 g/mol. The molecule has 0 bridgehead atoms. The van der Waals surface area contributed by atoms with E-state index in [2.05, 4.69) is 5.32 Å². The Hall–Kier alpha value is -3.64. The number of methoxy groups -OCH3 is 1. The summed E-state index contributed by atoms with van der Waals surface area (Å²) < 4.78 is 108. The lowest BCUT2D eigenvalue weighted by Crippen LogP contribution is -2.68. The van der Waals surface area contributed by atoms with Gasteiger partial charge in [0.1, 0.15) is 225 Å². The molecule has 1 aromatic carbocycles. The van der Waals surface area contributed by atoms with Gasteiger partial charge < -0.3 is 233 Å². The monoisotopic (exact) mass is 1710 g/mol. The minimum Gasteiger partial charge on any atom is -0.462 e. The van der Waals surface area contributed by atoms with Gasteiger partial charge in [-0.3, -0.25) is 9.59 Å². The molecule has 10 heterocycles. The van der Waals surface area contributed by atoms with E-state index < -0.39 is 359 Å². The largest absolute Gasteiger partial charge is 0.462 e. The van der Waals surface area contributed by atoms with E-state index >= 15 is 0 Å². The summed E-state index contributed by atoms with van der Waals surface area (Å²) in [5.74, 6) is -1.13. The van der Waals surface area contributed by atoms with Gasteiger partial charge in [-0.25, -0.2) is 0 Å². The van der Waals surface area contributed by atoms with Crippen LogP contribution in [-0.4, -0.2) is 499 Å². The molecule has 0 radical (unpaired) electrons. The third-order valence-electron chi connectivity index (χ3n) is 22.6. The van der Waals surface area contributed by atoms with E-state index in [-0.39, 0.29) is 12.2 Å². The molecule has 10 aliphatic rings. The van der Waals surface area contributed by atoms with Gasteiger partial charge in [0, 0.05) is 13.2 Å². The second-order valence-corrected chi connectivity index (χ2v) is 30.4. The van der Waals surface area contributed by atoms with Gasteiger partial charge >= 0.3 is 0 Å². The molecule has 672 valence electrons. The maximum absolute atomic E-state index is 12.3. The van der Waals surface area contributed by atoms with Crippen LogP contribution in [-0.2, 0) is 101 Å². The minimum atomic E-state index is -2.31. The number of hydrogen-bond donors (Lipinski definition) is 28. The summed E-state index contributed by atoms with van der Waals surface area (Å²) in [6.07, 6.45) is -88.1. The van der Waals surface area contributed by atoms with Crippen molar-refractivity contribution < 1.29 is 237 Å². The SMILES string of the molecule is COC1C(CO)OC(OC2C(CO)OC(OC3C(CO)OC(OC4C(CO)OC(OC5C(CO)OC(OC6C(CO)OC(OC7C(CO)OC(OC8C(CO)OC(OC9C(CO)OC(Oc%10ccc(CC%11NC(=O)C(=O)C%11(C)C)cc%10)C(O)C9O)C(O)C8O)C(O)C7O)C(O)C6O)C(O)C5O)C(O)C4O)C(O)C3O)C(O)C2O)C(O)C1O. The normalized spacial score (nSPS) is 49.3. The molecule has 1 amide bonds. The Morgan fingerprint density at radius 2 is 0.479 bits per heavy atom. The first-order valence-electron chi connectivity index (χ1n) is 37.6. The second kappa shape index (κ2) is 40.1. The van der Waals surface area contributed by atoms with Crippen molar-refractivity contribution in [1.82, 2.24) is 5.32 Å². The van der Waals surface area contributed by atoms with Crippen LogP contribution in [0.25, 0.3) is 0 Å². The number of aliphatic hydroxyl groups excluding tert-OH is 27. The molecule has 1 aromatic rings. The van der Waals surface area contributed by atoms with E-state index in [0.29, 0.717) is 5.56 Å². The second-order valence-electron chi connectivity index (χ2n) is 30.4. The van der Waals surface area contributed by atoms with Crippen LogP contribution in [0.3, 0.4) is 0 Å². The van der Waals surface area contributed by atoms with Crippen LogP contribution in [0.4, 0.5) is 0 Å². The number of Topliss-reactive ketones (excluding diaryl/α,β-unsaturated/α-hetero) is 1. The lowest BCUT2D eigenvalue weighted by molar-refractivity contribution is -0.400. The van der Waals surface area contributed by atoms with Crippen molar-refractivity contribution in [3.05, 3.63) is 29.8 Å². The van der Waals surface area contributed by atoms with Crippen molar-refractivity contribution in [3.63, 3.8) is 0 Å². The van der Waals surface area contributed by atoms with Gasteiger partial charge in [-0.1, -0.05) is 26.0 Å². The Morgan fingerprint density at radius 1 is 0.291 bits per heavy atom. The number of ketones is 1. The van der Waals surface area contributed by atoms with Crippen LogP contribution in [0.5, 0.6) is 5.75 Å². The Kier molecular flexibility index (Phi) is 32.2. The molecule has 10 saturated heterocycles. The molecular formula is C68H107NO48. The number of ether oxygens (including phenoxy) is 19. The lowest BCUT2D eigenvalue weighted by Gasteiger charge is -2.50. The fourth-order valence-electron chi connectivity index (χ4n) is 15.6. The zero-order valence-electron chi connectivity index (χ0n) is 62.6. The highest BCUT2D eigenvalue weighted by Crippen LogP contribution is 2.41. The smallest absolute Gasteiger partial charge is 0.288 e. The highest BCUT2D eigenvalue weighted by Gasteiger charge is 2.61. The van der Waals surface area contributed by atoms with Crippen molar-refractivity contribution in [3.8, 4) is 5.75 Å². The first-order chi connectivity index (χ1) is 55.6. The summed E-state index contributed by atoms with van der Waals surface area (Å²) in [6, 6.07) is 5.72. The molecule has 49 nitrogen and oxygen atoms in total. The number of carbonyl (C=O) groups excluding carboxylic acids is 2. The lowest BCUT2D eigenvalue weighted by atomic mass is 9.81. The van der Waals surface area contributed by atoms with Gasteiger partial charge in [0.05, 0.1) is 64.9 Å². The third-order valence-corrected chi connectivity index (χ3v) is 22.6. The Bertz CT molecular complexity index is 3260. The highest BCUT2D eigenvalue weighted by atomic mass is 16.8. The molecule has 10 aliphatic heterocycles. The molecule has 0 aliphatic carbocycles. The summed E-state index contributed by atoms with van der Waals surface area (Å²) in [5, 5.41) is 300. The third kappa shape index (κ3) is 19.3. The number of rotatable bonds is 30. The van der Waals surface area contributed by atoms with Gasteiger partial charge in [-0.05, 0) is 24.1 Å². The Balaban J connectivity index is 0.649. The molecule has 0 aromatic heterocycles. The van der Waals surface area contributed by atoms with E-state index in [9.17, 15) is 147 Å². The molecule has 10 fully saturated rings. The zero-order chi connectivity index (χ0) is 85.4. The van der Waals surface area contributed by atoms with E-state index in [1.807, 2.05) is 0 Å². The molecule has 28 N–H and O–H groups in total. The number of aliphatic hydroxyl groups is 27. The van der Waals surface area contributed by atoms with Gasteiger partial charge in [0.25, 0.3) is 5.91 Å². The predicted octanol–water partition coefficient (Wildman–Crippen LogP) is -18.3. The van der Waals surface area contributed by atoms with Crippen LogP contribution in [0.2, 0.25) is 0 Å². The fraction of sp³-hybridized carbons (Fsp3) is 0.882. The maximum Gasteiger partial charge on any atom is 0.288 e. The van der Waals surface area contributed by atoms with Crippen molar-refractivity contribution in [2.45, 2.75) is 303 Å². The van der Waals surface area contributed by atoms with Crippen molar-refractivity contribution in [1.29, 1.82) is 0 Å². The first kappa shape index (κ1) is 94.0. The highest BCUT2D eigenvalue weighted by molar-refractivity contribution is 6.40. The van der Waals surface area contributed by atoms with Crippen LogP contribution >= 0.6 is 0 Å².